The van der Waals surface area contributed by atoms with Crippen molar-refractivity contribution in [2.75, 3.05) is 24.3 Å². The third-order valence-electron chi connectivity index (χ3n) is 3.81. The van der Waals surface area contributed by atoms with E-state index in [0.717, 1.165) is 28.1 Å². The van der Waals surface area contributed by atoms with E-state index < -0.39 is 5.91 Å². The van der Waals surface area contributed by atoms with Gasteiger partial charge in [-0.15, -0.1) is 0 Å². The molecule has 0 atom stereocenters. The minimum Gasteiger partial charge on any atom is -0.378 e. The number of nitrogens with one attached hydrogen (secondary N) is 1. The van der Waals surface area contributed by atoms with E-state index in [1.54, 1.807) is 6.08 Å². The zero-order chi connectivity index (χ0) is 17.7. The fraction of sp³-hybridized carbons (Fsp3) is 0.200. The number of aryl methyl sites for hydroxylation is 2. The molecule has 0 spiro atoms. The molecule has 4 nitrogen and oxygen atoms in total. The van der Waals surface area contributed by atoms with Crippen molar-refractivity contribution in [3.8, 4) is 6.07 Å². The van der Waals surface area contributed by atoms with Crippen molar-refractivity contribution in [1.82, 2.24) is 0 Å². The molecule has 0 heterocycles. The van der Waals surface area contributed by atoms with Gasteiger partial charge in [-0.3, -0.25) is 4.79 Å². The van der Waals surface area contributed by atoms with Crippen LogP contribution in [0.15, 0.2) is 48.0 Å². The molecule has 4 heteroatoms. The summed E-state index contributed by atoms with van der Waals surface area (Å²) in [6.07, 6.45) is 1.60. The summed E-state index contributed by atoms with van der Waals surface area (Å²) in [5.74, 6) is -0.397. The summed E-state index contributed by atoms with van der Waals surface area (Å²) in [5, 5.41) is 12.2. The van der Waals surface area contributed by atoms with Crippen LogP contribution < -0.4 is 10.2 Å². The van der Waals surface area contributed by atoms with Gasteiger partial charge in [0.2, 0.25) is 0 Å². The second kappa shape index (κ2) is 7.47. The van der Waals surface area contributed by atoms with Gasteiger partial charge in [-0.2, -0.15) is 5.26 Å². The molecule has 2 rings (SSSR count). The Hall–Kier alpha value is -3.06. The van der Waals surface area contributed by atoms with Gasteiger partial charge in [-0.25, -0.2) is 0 Å². The molecule has 0 bridgehead atoms. The average molecular weight is 319 g/mol. The van der Waals surface area contributed by atoms with Crippen LogP contribution >= 0.6 is 0 Å². The van der Waals surface area contributed by atoms with Crippen LogP contribution in [0.1, 0.15) is 16.7 Å². The predicted octanol–water partition coefficient (Wildman–Crippen LogP) is 3.92. The normalized spacial score (nSPS) is 10.9. The first-order valence-electron chi connectivity index (χ1n) is 7.69. The first-order chi connectivity index (χ1) is 11.4. The first-order valence-corrected chi connectivity index (χ1v) is 7.69. The summed E-state index contributed by atoms with van der Waals surface area (Å²) >= 11 is 0. The molecule has 0 saturated heterocycles. The van der Waals surface area contributed by atoms with Crippen LogP contribution in [0.2, 0.25) is 0 Å². The molecular weight excluding hydrogens is 298 g/mol. The Morgan fingerprint density at radius 2 is 1.67 bits per heavy atom. The quantitative estimate of drug-likeness (QED) is 0.686. The molecule has 122 valence electrons. The minimum absolute atomic E-state index is 0.0789. The molecule has 0 aromatic heterocycles. The lowest BCUT2D eigenvalue weighted by molar-refractivity contribution is -0.112. The van der Waals surface area contributed by atoms with Gasteiger partial charge in [0.15, 0.2) is 0 Å². The largest absolute Gasteiger partial charge is 0.378 e. The van der Waals surface area contributed by atoms with E-state index in [1.165, 1.54) is 0 Å². The first kappa shape index (κ1) is 17.3. The highest BCUT2D eigenvalue weighted by Gasteiger charge is 2.12. The molecule has 0 aliphatic carbocycles. The zero-order valence-electron chi connectivity index (χ0n) is 14.4. The Morgan fingerprint density at radius 3 is 2.17 bits per heavy atom. The highest BCUT2D eigenvalue weighted by molar-refractivity contribution is 6.10. The number of benzene rings is 2. The Kier molecular flexibility index (Phi) is 5.39. The maximum absolute atomic E-state index is 12.4. The predicted molar refractivity (Wildman–Crippen MR) is 98.9 cm³/mol. The highest BCUT2D eigenvalue weighted by atomic mass is 16.1. The summed E-state index contributed by atoms with van der Waals surface area (Å²) in [7, 11) is 3.92. The van der Waals surface area contributed by atoms with Crippen molar-refractivity contribution in [2.24, 2.45) is 0 Å². The van der Waals surface area contributed by atoms with Crippen LogP contribution in [-0.2, 0) is 4.79 Å². The van der Waals surface area contributed by atoms with E-state index in [9.17, 15) is 10.1 Å². The number of hydrogen-bond donors (Lipinski definition) is 1. The van der Waals surface area contributed by atoms with Crippen molar-refractivity contribution in [3.05, 3.63) is 64.7 Å². The fourth-order valence-corrected chi connectivity index (χ4v) is 2.38. The van der Waals surface area contributed by atoms with Gasteiger partial charge in [0, 0.05) is 25.5 Å². The average Bonchev–Trinajstić information content (AvgIpc) is 2.56. The Balaban J connectivity index is 2.24. The molecule has 0 radical (unpaired) electrons. The van der Waals surface area contributed by atoms with Gasteiger partial charge < -0.3 is 10.2 Å². The fourth-order valence-electron chi connectivity index (χ4n) is 2.38. The highest BCUT2D eigenvalue weighted by Crippen LogP contribution is 2.21. The Morgan fingerprint density at radius 1 is 1.08 bits per heavy atom. The second-order valence-corrected chi connectivity index (χ2v) is 5.88. The standard InChI is InChI=1S/C20H21N3O/c1-14-6-5-7-15(2)19(14)22-20(24)17(13-21)12-16-8-10-18(11-9-16)23(3)4/h5-12H,1-4H3,(H,22,24)/b17-12+. The van der Waals surface area contributed by atoms with Crippen molar-refractivity contribution in [3.63, 3.8) is 0 Å². The maximum Gasteiger partial charge on any atom is 0.266 e. The Bertz CT molecular complexity index is 792. The van der Waals surface area contributed by atoms with E-state index in [0.29, 0.717) is 0 Å². The topological polar surface area (TPSA) is 56.1 Å². The minimum atomic E-state index is -0.397. The van der Waals surface area contributed by atoms with Gasteiger partial charge in [0.1, 0.15) is 11.6 Å². The molecule has 2 aromatic carbocycles. The number of nitrogens with zero attached hydrogens (tertiary/aromatic N) is 2. The monoisotopic (exact) mass is 319 g/mol. The summed E-state index contributed by atoms with van der Waals surface area (Å²) in [5.41, 5.74) is 4.65. The summed E-state index contributed by atoms with van der Waals surface area (Å²) in [6.45, 7) is 3.86. The number of carbonyl (C=O) groups excluding carboxylic acids is 1. The van der Waals surface area contributed by atoms with Crippen molar-refractivity contribution >= 4 is 23.4 Å². The zero-order valence-corrected chi connectivity index (χ0v) is 14.4. The molecule has 24 heavy (non-hydrogen) atoms. The lowest BCUT2D eigenvalue weighted by atomic mass is 10.1. The van der Waals surface area contributed by atoms with E-state index >= 15 is 0 Å². The maximum atomic E-state index is 12.4. The van der Waals surface area contributed by atoms with E-state index in [2.05, 4.69) is 5.32 Å². The van der Waals surface area contributed by atoms with Crippen LogP contribution in [0.25, 0.3) is 6.08 Å². The lowest BCUT2D eigenvalue weighted by Gasteiger charge is -2.12. The van der Waals surface area contributed by atoms with Crippen LogP contribution in [-0.4, -0.2) is 20.0 Å². The van der Waals surface area contributed by atoms with Gasteiger partial charge >= 0.3 is 0 Å². The summed E-state index contributed by atoms with van der Waals surface area (Å²) < 4.78 is 0. The number of hydrogen-bond acceptors (Lipinski definition) is 3. The van der Waals surface area contributed by atoms with Gasteiger partial charge in [0.05, 0.1) is 0 Å². The SMILES string of the molecule is Cc1cccc(C)c1NC(=O)/C(C#N)=C/c1ccc(N(C)C)cc1. The van der Waals surface area contributed by atoms with E-state index in [1.807, 2.05) is 81.4 Å². The third-order valence-corrected chi connectivity index (χ3v) is 3.81. The number of rotatable bonds is 4. The molecule has 1 amide bonds. The Labute approximate surface area is 143 Å². The number of para-hydroxylation sites is 1. The van der Waals surface area contributed by atoms with Gasteiger partial charge in [-0.1, -0.05) is 30.3 Å². The number of amides is 1. The lowest BCUT2D eigenvalue weighted by Crippen LogP contribution is -2.15. The van der Waals surface area contributed by atoms with Gasteiger partial charge in [0.25, 0.3) is 5.91 Å². The molecule has 0 fully saturated rings. The molecule has 0 unspecified atom stereocenters. The molecule has 0 saturated carbocycles. The van der Waals surface area contributed by atoms with Crippen molar-refractivity contribution in [1.29, 1.82) is 5.26 Å². The molecule has 0 aliphatic rings. The number of carbonyl (C=O) groups is 1. The summed E-state index contributed by atoms with van der Waals surface area (Å²) in [4.78, 5) is 14.4. The summed E-state index contributed by atoms with van der Waals surface area (Å²) in [6, 6.07) is 15.5. The van der Waals surface area contributed by atoms with Crippen LogP contribution in [0.5, 0.6) is 0 Å². The smallest absolute Gasteiger partial charge is 0.266 e. The van der Waals surface area contributed by atoms with Crippen LogP contribution in [0.3, 0.4) is 0 Å². The molecule has 1 N–H and O–H groups in total. The number of nitriles is 1. The van der Waals surface area contributed by atoms with Crippen LogP contribution in [0, 0.1) is 25.2 Å². The molecular formula is C20H21N3O. The molecule has 2 aromatic rings. The second-order valence-electron chi connectivity index (χ2n) is 5.88. The van der Waals surface area contributed by atoms with E-state index in [4.69, 9.17) is 0 Å². The van der Waals surface area contributed by atoms with Crippen molar-refractivity contribution < 1.29 is 4.79 Å². The number of anilines is 2. The van der Waals surface area contributed by atoms with Crippen molar-refractivity contribution in [2.45, 2.75) is 13.8 Å². The van der Waals surface area contributed by atoms with Crippen LogP contribution in [0.4, 0.5) is 11.4 Å². The third kappa shape index (κ3) is 4.02. The van der Waals surface area contributed by atoms with E-state index in [-0.39, 0.29) is 5.57 Å². The van der Waals surface area contributed by atoms with Gasteiger partial charge in [-0.05, 0) is 48.7 Å². The molecule has 0 aliphatic heterocycles.